The van der Waals surface area contributed by atoms with Gasteiger partial charge in [-0.2, -0.15) is 18.3 Å². The molecule has 1 amide bonds. The summed E-state index contributed by atoms with van der Waals surface area (Å²) in [6.07, 6.45) is -2.89. The summed E-state index contributed by atoms with van der Waals surface area (Å²) in [5, 5.41) is 8.56. The number of alkyl halides is 3. The fourth-order valence-electron chi connectivity index (χ4n) is 2.21. The number of carbonyl (C=O) groups is 1. The summed E-state index contributed by atoms with van der Waals surface area (Å²) >= 11 is 5.72. The molecule has 29 heavy (non-hydrogen) atoms. The van der Waals surface area contributed by atoms with Crippen molar-refractivity contribution in [2.75, 3.05) is 18.3 Å². The lowest BCUT2D eigenvalue weighted by Gasteiger charge is -2.20. The molecule has 0 radical (unpaired) electrons. The van der Waals surface area contributed by atoms with Crippen LogP contribution in [0, 0.1) is 0 Å². The van der Waals surface area contributed by atoms with Gasteiger partial charge in [-0.1, -0.05) is 17.7 Å². The number of aromatic nitrogens is 1. The zero-order chi connectivity index (χ0) is 21.4. The van der Waals surface area contributed by atoms with E-state index >= 15 is 0 Å². The highest BCUT2D eigenvalue weighted by Gasteiger charge is 2.30. The molecule has 2 aromatic rings. The average Bonchev–Trinajstić information content (AvgIpc) is 2.69. The molecule has 1 heterocycles. The Kier molecular flexibility index (Phi) is 7.98. The van der Waals surface area contributed by atoms with Gasteiger partial charge in [-0.05, 0) is 49.7 Å². The highest BCUT2D eigenvalue weighted by Crippen LogP contribution is 2.30. The molecule has 0 bridgehead atoms. The molecule has 0 saturated heterocycles. The van der Waals surface area contributed by atoms with Crippen LogP contribution in [0.3, 0.4) is 0 Å². The van der Waals surface area contributed by atoms with Crippen molar-refractivity contribution in [2.45, 2.75) is 26.6 Å². The Morgan fingerprint density at radius 3 is 2.48 bits per heavy atom. The number of hydrogen-bond donors (Lipinski definition) is 1. The highest BCUT2D eigenvalue weighted by molar-refractivity contribution is 6.38. The monoisotopic (exact) mass is 428 g/mol. The van der Waals surface area contributed by atoms with Crippen molar-refractivity contribution in [3.63, 3.8) is 0 Å². The Balaban J connectivity index is 2.10. The number of rotatable bonds is 8. The van der Waals surface area contributed by atoms with Crippen LogP contribution in [0.5, 0.6) is 0 Å². The smallest absolute Gasteiger partial charge is 0.360 e. The van der Waals surface area contributed by atoms with Gasteiger partial charge in [0.1, 0.15) is 17.6 Å². The molecule has 1 N–H and O–H groups in total. The number of anilines is 1. The summed E-state index contributed by atoms with van der Waals surface area (Å²) in [7, 11) is 0. The second-order valence-corrected chi connectivity index (χ2v) is 6.31. The van der Waals surface area contributed by atoms with Gasteiger partial charge in [-0.3, -0.25) is 4.79 Å². The predicted molar refractivity (Wildman–Crippen MR) is 105 cm³/mol. The molecule has 0 fully saturated rings. The maximum atomic E-state index is 12.8. The van der Waals surface area contributed by atoms with Crippen molar-refractivity contribution in [2.24, 2.45) is 5.10 Å². The Morgan fingerprint density at radius 1 is 1.24 bits per heavy atom. The van der Waals surface area contributed by atoms with Crippen LogP contribution < -0.4 is 10.3 Å². The SMILES string of the molecule is CCOCN(N=C(C)C(=O)NCc1ccc(Cl)nc1)c1ccc(C(F)(F)F)cc1. The Labute approximate surface area is 171 Å². The summed E-state index contributed by atoms with van der Waals surface area (Å²) in [6, 6.07) is 7.79. The molecule has 10 heteroatoms. The quantitative estimate of drug-likeness (QED) is 0.295. The van der Waals surface area contributed by atoms with Crippen molar-refractivity contribution >= 4 is 28.9 Å². The lowest BCUT2D eigenvalue weighted by molar-refractivity contribution is -0.137. The molecular weight excluding hydrogens is 409 g/mol. The van der Waals surface area contributed by atoms with E-state index < -0.39 is 17.6 Å². The van der Waals surface area contributed by atoms with Crippen LogP contribution in [0.2, 0.25) is 5.15 Å². The number of hydrogen-bond acceptors (Lipinski definition) is 5. The van der Waals surface area contributed by atoms with Crippen LogP contribution in [0.25, 0.3) is 0 Å². The van der Waals surface area contributed by atoms with Crippen LogP contribution in [0.1, 0.15) is 25.0 Å². The molecule has 1 aromatic carbocycles. The van der Waals surface area contributed by atoms with Gasteiger partial charge in [0.2, 0.25) is 0 Å². The third-order valence-electron chi connectivity index (χ3n) is 3.75. The van der Waals surface area contributed by atoms with Crippen molar-refractivity contribution in [3.05, 3.63) is 58.9 Å². The molecule has 1 aromatic heterocycles. The topological polar surface area (TPSA) is 66.8 Å². The summed E-state index contributed by atoms with van der Waals surface area (Å²) in [5.41, 5.74) is 0.462. The lowest BCUT2D eigenvalue weighted by Crippen LogP contribution is -2.32. The van der Waals surface area contributed by atoms with E-state index in [2.05, 4.69) is 15.4 Å². The first kappa shape index (κ1) is 22.6. The van der Waals surface area contributed by atoms with E-state index in [-0.39, 0.29) is 19.0 Å². The number of benzene rings is 1. The summed E-state index contributed by atoms with van der Waals surface area (Å²) < 4.78 is 43.6. The zero-order valence-corrected chi connectivity index (χ0v) is 16.6. The second-order valence-electron chi connectivity index (χ2n) is 5.92. The van der Waals surface area contributed by atoms with Crippen molar-refractivity contribution < 1.29 is 22.7 Å². The Bertz CT molecular complexity index is 840. The van der Waals surface area contributed by atoms with Crippen LogP contribution in [-0.2, 0) is 22.3 Å². The van der Waals surface area contributed by atoms with Crippen molar-refractivity contribution in [3.8, 4) is 0 Å². The molecule has 0 saturated carbocycles. The highest BCUT2D eigenvalue weighted by atomic mass is 35.5. The van der Waals surface area contributed by atoms with E-state index in [1.807, 2.05) is 0 Å². The molecule has 6 nitrogen and oxygen atoms in total. The lowest BCUT2D eigenvalue weighted by atomic mass is 10.2. The first-order valence-electron chi connectivity index (χ1n) is 8.67. The largest absolute Gasteiger partial charge is 0.416 e. The molecule has 156 valence electrons. The van der Waals surface area contributed by atoms with Gasteiger partial charge in [0.25, 0.3) is 5.91 Å². The third-order valence-corrected chi connectivity index (χ3v) is 3.97. The van der Waals surface area contributed by atoms with Crippen LogP contribution in [-0.4, -0.2) is 29.9 Å². The fourth-order valence-corrected chi connectivity index (χ4v) is 2.32. The van der Waals surface area contributed by atoms with E-state index in [1.54, 1.807) is 25.3 Å². The van der Waals surface area contributed by atoms with E-state index in [1.165, 1.54) is 24.1 Å². The molecule has 0 atom stereocenters. The van der Waals surface area contributed by atoms with Crippen molar-refractivity contribution in [1.29, 1.82) is 0 Å². The van der Waals surface area contributed by atoms with E-state index in [4.69, 9.17) is 16.3 Å². The number of hydrazone groups is 1. The Hall–Kier alpha value is -2.65. The van der Waals surface area contributed by atoms with Crippen molar-refractivity contribution in [1.82, 2.24) is 10.3 Å². The number of ether oxygens (including phenoxy) is 1. The molecule has 0 aliphatic heterocycles. The molecule has 0 unspecified atom stereocenters. The summed E-state index contributed by atoms with van der Waals surface area (Å²) in [4.78, 5) is 16.2. The van der Waals surface area contributed by atoms with Gasteiger partial charge in [0.15, 0.2) is 0 Å². The second kappa shape index (κ2) is 10.2. The average molecular weight is 429 g/mol. The van der Waals surface area contributed by atoms with Crippen LogP contribution in [0.4, 0.5) is 18.9 Å². The minimum Gasteiger partial charge on any atom is -0.360 e. The van der Waals surface area contributed by atoms with Gasteiger partial charge < -0.3 is 10.1 Å². The van der Waals surface area contributed by atoms with Gasteiger partial charge in [0.05, 0.1) is 11.3 Å². The number of carbonyl (C=O) groups excluding carboxylic acids is 1. The maximum Gasteiger partial charge on any atom is 0.416 e. The summed E-state index contributed by atoms with van der Waals surface area (Å²) in [5.74, 6) is -0.437. The molecule has 0 aliphatic carbocycles. The predicted octanol–water partition coefficient (Wildman–Crippen LogP) is 4.25. The minimum absolute atomic E-state index is 0.0202. The Morgan fingerprint density at radius 2 is 1.93 bits per heavy atom. The number of pyridine rings is 1. The number of halogens is 4. The molecule has 0 aliphatic rings. The van der Waals surface area contributed by atoms with E-state index in [0.717, 1.165) is 17.7 Å². The number of amides is 1. The number of nitrogens with one attached hydrogen (secondary N) is 1. The standard InChI is InChI=1S/C19H20ClF3N4O2/c1-3-29-12-27(16-7-5-15(6-8-16)19(21,22)23)26-13(2)18(28)25-11-14-4-9-17(20)24-10-14/h4-10H,3,11-12H2,1-2H3,(H,25,28). The first-order chi connectivity index (χ1) is 13.7. The fraction of sp³-hybridized carbons (Fsp3) is 0.316. The number of nitrogens with zero attached hydrogens (tertiary/aromatic N) is 3. The third kappa shape index (κ3) is 7.03. The van der Waals surface area contributed by atoms with E-state index in [0.29, 0.717) is 17.4 Å². The maximum absolute atomic E-state index is 12.8. The molecule has 2 rings (SSSR count). The zero-order valence-electron chi connectivity index (χ0n) is 15.8. The van der Waals surface area contributed by atoms with Gasteiger partial charge in [-0.25, -0.2) is 9.99 Å². The van der Waals surface area contributed by atoms with Gasteiger partial charge in [-0.15, -0.1) is 0 Å². The summed E-state index contributed by atoms with van der Waals surface area (Å²) in [6.45, 7) is 3.85. The van der Waals surface area contributed by atoms with E-state index in [9.17, 15) is 18.0 Å². The van der Waals surface area contributed by atoms with Gasteiger partial charge >= 0.3 is 6.18 Å². The minimum atomic E-state index is -4.43. The first-order valence-corrected chi connectivity index (χ1v) is 9.05. The molecule has 0 spiro atoms. The normalized spacial score (nSPS) is 12.0. The molecular formula is C19H20ClF3N4O2. The van der Waals surface area contributed by atoms with Crippen LogP contribution >= 0.6 is 11.6 Å². The van der Waals surface area contributed by atoms with Gasteiger partial charge in [0, 0.05) is 19.3 Å². The van der Waals surface area contributed by atoms with Crippen LogP contribution in [0.15, 0.2) is 47.7 Å².